The molecule has 0 aromatic heterocycles. The monoisotopic (exact) mass is 394 g/mol. The SMILES string of the molecule is Cc1ccc(C(=O)N[C@](C)(C(=O)O)C2CC2)cc1S(=O)(=O)N1CCCCC1. The van der Waals surface area contributed by atoms with Crippen molar-refractivity contribution in [2.75, 3.05) is 13.1 Å². The fraction of sp³-hybridized carbons (Fsp3) is 0.579. The van der Waals surface area contributed by atoms with Crippen LogP contribution in [0.4, 0.5) is 0 Å². The van der Waals surface area contributed by atoms with Crippen LogP contribution in [-0.2, 0) is 14.8 Å². The second-order valence-corrected chi connectivity index (χ2v) is 9.59. The predicted octanol–water partition coefficient (Wildman–Crippen LogP) is 2.15. The van der Waals surface area contributed by atoms with Crippen molar-refractivity contribution in [1.82, 2.24) is 9.62 Å². The molecule has 0 bridgehead atoms. The highest BCUT2D eigenvalue weighted by Crippen LogP contribution is 2.40. The van der Waals surface area contributed by atoms with Gasteiger partial charge in [-0.15, -0.1) is 0 Å². The quantitative estimate of drug-likeness (QED) is 0.769. The number of sulfonamides is 1. The molecule has 2 fully saturated rings. The average Bonchev–Trinajstić information content (AvgIpc) is 3.48. The van der Waals surface area contributed by atoms with E-state index in [0.29, 0.717) is 18.7 Å². The lowest BCUT2D eigenvalue weighted by Crippen LogP contribution is -2.54. The fourth-order valence-electron chi connectivity index (χ4n) is 3.56. The van der Waals surface area contributed by atoms with Crippen LogP contribution in [0.5, 0.6) is 0 Å². The van der Waals surface area contributed by atoms with E-state index in [0.717, 1.165) is 32.1 Å². The standard InChI is InChI=1S/C19H26N2O5S/c1-13-6-7-14(17(22)20-19(2,18(23)24)15-8-9-15)12-16(13)27(25,26)21-10-4-3-5-11-21/h6-7,12,15H,3-5,8-11H2,1-2H3,(H,20,22)(H,23,24)/t19-/m0/s1. The maximum absolute atomic E-state index is 13.0. The molecule has 1 saturated heterocycles. The molecule has 1 aromatic carbocycles. The summed E-state index contributed by atoms with van der Waals surface area (Å²) in [7, 11) is -3.68. The van der Waals surface area contributed by atoms with Gasteiger partial charge in [-0.25, -0.2) is 13.2 Å². The van der Waals surface area contributed by atoms with Gasteiger partial charge in [-0.2, -0.15) is 4.31 Å². The highest BCUT2D eigenvalue weighted by atomic mass is 32.2. The molecule has 2 N–H and O–H groups in total. The largest absolute Gasteiger partial charge is 0.480 e. The summed E-state index contributed by atoms with van der Waals surface area (Å²) in [6.07, 6.45) is 4.19. The molecule has 8 heteroatoms. The number of rotatable bonds is 6. The molecule has 1 amide bonds. The number of nitrogens with zero attached hydrogens (tertiary/aromatic N) is 1. The Hall–Kier alpha value is -1.93. The normalized spacial score (nSPS) is 20.7. The molecule has 1 heterocycles. The molecule has 1 aliphatic carbocycles. The molecule has 27 heavy (non-hydrogen) atoms. The third-order valence-electron chi connectivity index (χ3n) is 5.59. The van der Waals surface area contributed by atoms with Gasteiger partial charge < -0.3 is 10.4 Å². The van der Waals surface area contributed by atoms with Gasteiger partial charge in [0.15, 0.2) is 0 Å². The first-order valence-electron chi connectivity index (χ1n) is 9.33. The Balaban J connectivity index is 1.88. The van der Waals surface area contributed by atoms with Crippen molar-refractivity contribution < 1.29 is 23.1 Å². The van der Waals surface area contributed by atoms with Crippen LogP contribution in [-0.4, -0.2) is 48.3 Å². The first-order valence-corrected chi connectivity index (χ1v) is 10.8. The van der Waals surface area contributed by atoms with E-state index >= 15 is 0 Å². The molecule has 1 atom stereocenters. The van der Waals surface area contributed by atoms with E-state index in [4.69, 9.17) is 0 Å². The van der Waals surface area contributed by atoms with Crippen LogP contribution in [0, 0.1) is 12.8 Å². The lowest BCUT2D eigenvalue weighted by atomic mass is 9.95. The van der Waals surface area contributed by atoms with Crippen LogP contribution in [0.2, 0.25) is 0 Å². The maximum Gasteiger partial charge on any atom is 0.329 e. The van der Waals surface area contributed by atoms with Gasteiger partial charge in [0, 0.05) is 18.7 Å². The number of hydrogen-bond donors (Lipinski definition) is 2. The molecular formula is C19H26N2O5S. The van der Waals surface area contributed by atoms with E-state index in [1.807, 2.05) is 0 Å². The van der Waals surface area contributed by atoms with Crippen LogP contribution >= 0.6 is 0 Å². The van der Waals surface area contributed by atoms with Crippen molar-refractivity contribution in [2.45, 2.75) is 56.4 Å². The Morgan fingerprint density at radius 3 is 2.37 bits per heavy atom. The highest BCUT2D eigenvalue weighted by molar-refractivity contribution is 7.89. The van der Waals surface area contributed by atoms with Gasteiger partial charge in [0.25, 0.3) is 5.91 Å². The Morgan fingerprint density at radius 2 is 1.81 bits per heavy atom. The van der Waals surface area contributed by atoms with Crippen LogP contribution in [0.25, 0.3) is 0 Å². The molecular weight excluding hydrogens is 368 g/mol. The second-order valence-electron chi connectivity index (χ2n) is 7.68. The minimum absolute atomic E-state index is 0.0963. The summed E-state index contributed by atoms with van der Waals surface area (Å²) >= 11 is 0. The number of carboxylic acids is 1. The van der Waals surface area contributed by atoms with Gasteiger partial charge in [0.05, 0.1) is 4.90 Å². The van der Waals surface area contributed by atoms with Gasteiger partial charge in [0.2, 0.25) is 10.0 Å². The van der Waals surface area contributed by atoms with Crippen LogP contribution in [0.15, 0.2) is 23.1 Å². The Kier molecular flexibility index (Phi) is 5.31. The summed E-state index contributed by atoms with van der Waals surface area (Å²) in [4.78, 5) is 24.4. The van der Waals surface area contributed by atoms with E-state index in [1.165, 1.54) is 23.4 Å². The summed E-state index contributed by atoms with van der Waals surface area (Å²) in [5.41, 5.74) is -0.613. The van der Waals surface area contributed by atoms with Crippen LogP contribution < -0.4 is 5.32 Å². The van der Waals surface area contributed by atoms with Crippen molar-refractivity contribution in [3.63, 3.8) is 0 Å². The lowest BCUT2D eigenvalue weighted by molar-refractivity contribution is -0.144. The first-order chi connectivity index (χ1) is 12.7. The number of amides is 1. The van der Waals surface area contributed by atoms with Gasteiger partial charge in [-0.05, 0) is 63.1 Å². The van der Waals surface area contributed by atoms with E-state index in [2.05, 4.69) is 5.32 Å². The van der Waals surface area contributed by atoms with E-state index in [1.54, 1.807) is 13.0 Å². The number of aryl methyl sites for hydroxylation is 1. The van der Waals surface area contributed by atoms with Crippen molar-refractivity contribution in [3.05, 3.63) is 29.3 Å². The predicted molar refractivity (Wildman–Crippen MR) is 100 cm³/mol. The van der Waals surface area contributed by atoms with Crippen molar-refractivity contribution in [1.29, 1.82) is 0 Å². The molecule has 0 spiro atoms. The second kappa shape index (κ2) is 7.24. The third-order valence-corrected chi connectivity index (χ3v) is 7.64. The van der Waals surface area contributed by atoms with Crippen molar-refractivity contribution in [3.8, 4) is 0 Å². The average molecular weight is 394 g/mol. The minimum atomic E-state index is -3.68. The molecule has 7 nitrogen and oxygen atoms in total. The van der Waals surface area contributed by atoms with Gasteiger partial charge in [-0.1, -0.05) is 12.5 Å². The minimum Gasteiger partial charge on any atom is -0.480 e. The zero-order chi connectivity index (χ0) is 19.8. The molecule has 1 saturated carbocycles. The molecule has 1 aliphatic heterocycles. The smallest absolute Gasteiger partial charge is 0.329 e. The van der Waals surface area contributed by atoms with Crippen molar-refractivity contribution >= 4 is 21.9 Å². The van der Waals surface area contributed by atoms with Crippen LogP contribution in [0.1, 0.15) is 54.9 Å². The van der Waals surface area contributed by atoms with Gasteiger partial charge >= 0.3 is 5.97 Å². The number of piperidine rings is 1. The molecule has 148 valence electrons. The number of benzene rings is 1. The summed E-state index contributed by atoms with van der Waals surface area (Å²) in [6, 6.07) is 4.50. The third kappa shape index (κ3) is 3.87. The summed E-state index contributed by atoms with van der Waals surface area (Å²) in [5.74, 6) is -1.74. The molecule has 3 rings (SSSR count). The van der Waals surface area contributed by atoms with Gasteiger partial charge in [-0.3, -0.25) is 4.79 Å². The number of aliphatic carboxylic acids is 1. The van der Waals surface area contributed by atoms with E-state index in [-0.39, 0.29) is 16.4 Å². The molecule has 0 unspecified atom stereocenters. The Labute approximate surface area is 159 Å². The number of carbonyl (C=O) groups excluding carboxylic acids is 1. The summed E-state index contributed by atoms with van der Waals surface area (Å²) in [6.45, 7) is 4.17. The lowest BCUT2D eigenvalue weighted by Gasteiger charge is -2.27. The fourth-order valence-corrected chi connectivity index (χ4v) is 5.33. The number of carboxylic acid groups (broad SMARTS) is 1. The Morgan fingerprint density at radius 1 is 1.19 bits per heavy atom. The van der Waals surface area contributed by atoms with E-state index in [9.17, 15) is 23.1 Å². The first kappa shape index (κ1) is 19.8. The molecule has 1 aromatic rings. The van der Waals surface area contributed by atoms with Crippen molar-refractivity contribution in [2.24, 2.45) is 5.92 Å². The maximum atomic E-state index is 13.0. The Bertz CT molecular complexity index is 857. The number of carbonyl (C=O) groups is 2. The number of nitrogens with one attached hydrogen (secondary N) is 1. The number of hydrogen-bond acceptors (Lipinski definition) is 4. The zero-order valence-corrected chi connectivity index (χ0v) is 16.5. The zero-order valence-electron chi connectivity index (χ0n) is 15.7. The van der Waals surface area contributed by atoms with E-state index < -0.39 is 27.4 Å². The topological polar surface area (TPSA) is 104 Å². The van der Waals surface area contributed by atoms with Crippen LogP contribution in [0.3, 0.4) is 0 Å². The summed E-state index contributed by atoms with van der Waals surface area (Å²) < 4.78 is 27.5. The highest BCUT2D eigenvalue weighted by Gasteiger charge is 2.48. The summed E-state index contributed by atoms with van der Waals surface area (Å²) in [5, 5.41) is 12.1. The van der Waals surface area contributed by atoms with Gasteiger partial charge in [0.1, 0.15) is 5.54 Å². The molecule has 2 aliphatic rings. The molecule has 0 radical (unpaired) electrons.